The Kier molecular flexibility index (Phi) is 11.4. The summed E-state index contributed by atoms with van der Waals surface area (Å²) in [5.74, 6) is -2.29. The first-order valence-corrected chi connectivity index (χ1v) is 11.2. The van der Waals surface area contributed by atoms with Crippen molar-refractivity contribution in [2.45, 2.75) is 50.0 Å². The molecule has 4 amide bonds. The third-order valence-electron chi connectivity index (χ3n) is 5.29. The maximum absolute atomic E-state index is 12.9. The number of carbonyl (C=O) groups is 4. The lowest BCUT2D eigenvalue weighted by atomic mass is 9.97. The smallest absolute Gasteiger partial charge is 0.244 e. The van der Waals surface area contributed by atoms with Crippen molar-refractivity contribution in [3.05, 3.63) is 48.6 Å². The van der Waals surface area contributed by atoms with Crippen LogP contribution in [0.25, 0.3) is 0 Å². The molecule has 0 aliphatic carbocycles. The van der Waals surface area contributed by atoms with Crippen molar-refractivity contribution in [1.82, 2.24) is 21.3 Å². The second kappa shape index (κ2) is 14.3. The number of hydrogen-bond acceptors (Lipinski definition) is 9. The van der Waals surface area contributed by atoms with Gasteiger partial charge in [0.15, 0.2) is 6.29 Å². The maximum Gasteiger partial charge on any atom is 0.244 e. The lowest BCUT2D eigenvalue weighted by Gasteiger charge is -2.42. The zero-order valence-corrected chi connectivity index (χ0v) is 19.8. The molecule has 7 N–H and O–H groups in total. The Balaban J connectivity index is 2.03. The van der Waals surface area contributed by atoms with Crippen LogP contribution in [0.3, 0.4) is 0 Å². The van der Waals surface area contributed by atoms with Crippen LogP contribution in [0.15, 0.2) is 43.0 Å². The summed E-state index contributed by atoms with van der Waals surface area (Å²) in [6, 6.07) is 6.71. The van der Waals surface area contributed by atoms with E-state index < -0.39 is 73.7 Å². The second-order valence-electron chi connectivity index (χ2n) is 8.02. The van der Waals surface area contributed by atoms with Crippen LogP contribution in [0, 0.1) is 0 Å². The lowest BCUT2D eigenvalue weighted by molar-refractivity contribution is -0.271. The predicted octanol–water partition coefficient (Wildman–Crippen LogP) is -2.95. The third kappa shape index (κ3) is 8.70. The number of aliphatic hydroxyl groups is 3. The van der Waals surface area contributed by atoms with Crippen molar-refractivity contribution in [3.8, 4) is 0 Å². The Hall–Kier alpha value is -3.36. The van der Waals surface area contributed by atoms with Gasteiger partial charge in [-0.2, -0.15) is 0 Å². The van der Waals surface area contributed by atoms with Gasteiger partial charge in [0.2, 0.25) is 23.6 Å². The zero-order chi connectivity index (χ0) is 26.7. The van der Waals surface area contributed by atoms with E-state index in [2.05, 4.69) is 27.8 Å². The molecule has 198 valence electrons. The van der Waals surface area contributed by atoms with Gasteiger partial charge in [-0.25, -0.2) is 0 Å². The fourth-order valence-corrected chi connectivity index (χ4v) is 3.48. The zero-order valence-electron chi connectivity index (χ0n) is 19.8. The Morgan fingerprint density at radius 1 is 1.14 bits per heavy atom. The summed E-state index contributed by atoms with van der Waals surface area (Å²) >= 11 is 0. The van der Waals surface area contributed by atoms with E-state index in [1.54, 1.807) is 30.3 Å². The molecular formula is C23H32N4O9. The fourth-order valence-electron chi connectivity index (χ4n) is 3.48. The Labute approximate surface area is 207 Å². The van der Waals surface area contributed by atoms with Gasteiger partial charge >= 0.3 is 0 Å². The molecule has 1 aliphatic heterocycles. The van der Waals surface area contributed by atoms with Crippen molar-refractivity contribution in [3.63, 3.8) is 0 Å². The van der Waals surface area contributed by atoms with E-state index in [1.165, 1.54) is 6.92 Å². The first kappa shape index (κ1) is 28.9. The Morgan fingerprint density at radius 2 is 1.83 bits per heavy atom. The highest BCUT2D eigenvalue weighted by Gasteiger charge is 2.45. The van der Waals surface area contributed by atoms with Crippen molar-refractivity contribution in [2.24, 2.45) is 0 Å². The number of hydrogen-bond donors (Lipinski definition) is 7. The highest BCUT2D eigenvalue weighted by molar-refractivity contribution is 5.92. The first-order valence-electron chi connectivity index (χ1n) is 11.2. The lowest BCUT2D eigenvalue weighted by Crippen LogP contribution is -2.65. The van der Waals surface area contributed by atoms with Gasteiger partial charge in [-0.3, -0.25) is 19.2 Å². The number of aliphatic hydroxyl groups excluding tert-OH is 3. The van der Waals surface area contributed by atoms with Crippen LogP contribution in [0.4, 0.5) is 0 Å². The monoisotopic (exact) mass is 508 g/mol. The van der Waals surface area contributed by atoms with Crippen LogP contribution >= 0.6 is 0 Å². The van der Waals surface area contributed by atoms with E-state index in [9.17, 15) is 34.5 Å². The minimum atomic E-state index is -1.50. The number of benzene rings is 1. The number of carbonyl (C=O) groups excluding carboxylic acids is 4. The largest absolute Gasteiger partial charge is 0.394 e. The first-order chi connectivity index (χ1) is 17.2. The van der Waals surface area contributed by atoms with Gasteiger partial charge in [-0.05, 0) is 11.6 Å². The minimum absolute atomic E-state index is 0.139. The molecule has 0 saturated carbocycles. The van der Waals surface area contributed by atoms with Crippen LogP contribution in [-0.4, -0.2) is 95.5 Å². The summed E-state index contributed by atoms with van der Waals surface area (Å²) in [7, 11) is 0. The molecule has 0 spiro atoms. The van der Waals surface area contributed by atoms with Crippen LogP contribution in [0.1, 0.15) is 12.5 Å². The van der Waals surface area contributed by atoms with Crippen LogP contribution in [0.2, 0.25) is 0 Å². The second-order valence-corrected chi connectivity index (χ2v) is 8.02. The molecule has 0 aromatic heterocycles. The van der Waals surface area contributed by atoms with Gasteiger partial charge in [0, 0.05) is 13.3 Å². The highest BCUT2D eigenvalue weighted by Crippen LogP contribution is 2.22. The molecule has 1 heterocycles. The molecule has 1 aromatic carbocycles. The topological polar surface area (TPSA) is 196 Å². The number of nitrogens with one attached hydrogen (secondary N) is 4. The summed E-state index contributed by atoms with van der Waals surface area (Å²) in [4.78, 5) is 48.0. The van der Waals surface area contributed by atoms with E-state index >= 15 is 0 Å². The fraction of sp³-hybridized carbons (Fsp3) is 0.478. The highest BCUT2D eigenvalue weighted by atomic mass is 16.7. The van der Waals surface area contributed by atoms with Crippen molar-refractivity contribution >= 4 is 23.6 Å². The average Bonchev–Trinajstić information content (AvgIpc) is 2.86. The number of ether oxygens (including phenoxy) is 2. The summed E-state index contributed by atoms with van der Waals surface area (Å²) in [6.45, 7) is 3.06. The molecule has 1 aromatic rings. The van der Waals surface area contributed by atoms with Crippen molar-refractivity contribution in [2.75, 3.05) is 19.9 Å². The summed E-state index contributed by atoms with van der Waals surface area (Å²) in [5, 5.41) is 39.5. The summed E-state index contributed by atoms with van der Waals surface area (Å²) in [6.07, 6.45) is -4.32. The Bertz CT molecular complexity index is 914. The van der Waals surface area contributed by atoms with Gasteiger partial charge in [0.25, 0.3) is 0 Å². The normalized spacial score (nSPS) is 24.2. The van der Waals surface area contributed by atoms with Crippen molar-refractivity contribution in [1.29, 1.82) is 0 Å². The quantitative estimate of drug-likeness (QED) is 0.114. The number of rotatable bonds is 12. The minimum Gasteiger partial charge on any atom is -0.394 e. The molecule has 13 nitrogen and oxygen atoms in total. The average molecular weight is 509 g/mol. The van der Waals surface area contributed by atoms with Gasteiger partial charge < -0.3 is 46.1 Å². The van der Waals surface area contributed by atoms with Gasteiger partial charge in [0.1, 0.15) is 37.1 Å². The third-order valence-corrected chi connectivity index (χ3v) is 5.29. The summed E-state index contributed by atoms with van der Waals surface area (Å²) in [5.41, 5.74) is 0.762. The van der Waals surface area contributed by atoms with E-state index in [-0.39, 0.29) is 13.0 Å². The standard InChI is InChI=1S/C23H32N4O9/c1-3-17(30)24-10-18(31)27-15(9-14-7-5-4-6-8-14)22(34)25-12-35-23-19(26-13(2)29)21(33)20(32)16(11-28)36-23/h3-8,15-16,19-21,23,28,32-33H,1,9-12H2,2H3,(H,24,30)(H,25,34)(H,26,29)(H,27,31)/t15-,16?,19?,20+,21?,23+/m0/s1. The van der Waals surface area contributed by atoms with E-state index in [4.69, 9.17) is 9.47 Å². The Morgan fingerprint density at radius 3 is 2.44 bits per heavy atom. The molecule has 1 fully saturated rings. The molecule has 0 radical (unpaired) electrons. The van der Waals surface area contributed by atoms with Crippen LogP contribution < -0.4 is 21.3 Å². The molecule has 6 atom stereocenters. The van der Waals surface area contributed by atoms with Gasteiger partial charge in [-0.15, -0.1) is 0 Å². The van der Waals surface area contributed by atoms with Gasteiger partial charge in [0.05, 0.1) is 13.2 Å². The SMILES string of the molecule is C=CC(=O)NCC(=O)N[C@@H](Cc1ccccc1)C(=O)NCO[C@@H]1OC(CO)[C@@H](O)C(O)C1NC(C)=O. The molecule has 1 aliphatic rings. The van der Waals surface area contributed by atoms with Crippen molar-refractivity contribution < 1.29 is 44.0 Å². The van der Waals surface area contributed by atoms with Crippen LogP contribution in [-0.2, 0) is 35.1 Å². The molecule has 0 bridgehead atoms. The molecule has 13 heteroatoms. The van der Waals surface area contributed by atoms with Crippen LogP contribution in [0.5, 0.6) is 0 Å². The number of amides is 4. The predicted molar refractivity (Wildman–Crippen MR) is 125 cm³/mol. The molecule has 1 saturated heterocycles. The van der Waals surface area contributed by atoms with Gasteiger partial charge in [-0.1, -0.05) is 36.9 Å². The molecule has 3 unspecified atom stereocenters. The molecular weight excluding hydrogens is 476 g/mol. The van der Waals surface area contributed by atoms with E-state index in [0.717, 1.165) is 11.6 Å². The molecule has 2 rings (SSSR count). The maximum atomic E-state index is 12.9. The molecule has 36 heavy (non-hydrogen) atoms. The van der Waals surface area contributed by atoms with E-state index in [0.29, 0.717) is 0 Å². The van der Waals surface area contributed by atoms with E-state index in [1.807, 2.05) is 0 Å². The summed E-state index contributed by atoms with van der Waals surface area (Å²) < 4.78 is 10.9.